The van der Waals surface area contributed by atoms with Crippen molar-refractivity contribution in [3.05, 3.63) is 16.0 Å². The van der Waals surface area contributed by atoms with Gasteiger partial charge in [0.15, 0.2) is 6.61 Å². The van der Waals surface area contributed by atoms with Crippen LogP contribution >= 0.6 is 11.3 Å². The summed E-state index contributed by atoms with van der Waals surface area (Å²) in [7, 11) is 0. The van der Waals surface area contributed by atoms with Crippen LogP contribution in [0.3, 0.4) is 0 Å². The fraction of sp³-hybridized carbons (Fsp3) is 0.588. The topological polar surface area (TPSA) is 79.2 Å². The van der Waals surface area contributed by atoms with Crippen molar-refractivity contribution in [1.29, 1.82) is 5.26 Å². The van der Waals surface area contributed by atoms with Crippen molar-refractivity contribution in [3.63, 3.8) is 0 Å². The minimum absolute atomic E-state index is 0.299. The van der Waals surface area contributed by atoms with Gasteiger partial charge in [0.05, 0.1) is 5.56 Å². The summed E-state index contributed by atoms with van der Waals surface area (Å²) < 4.78 is 4.94. The third-order valence-electron chi connectivity index (χ3n) is 3.98. The van der Waals surface area contributed by atoms with E-state index in [0.29, 0.717) is 22.9 Å². The number of hydrogen-bond acceptors (Lipinski definition) is 5. The molecule has 1 aromatic heterocycles. The Morgan fingerprint density at radius 3 is 2.96 bits per heavy atom. The fourth-order valence-electron chi connectivity index (χ4n) is 2.66. The Kier molecular flexibility index (Phi) is 6.17. The minimum atomic E-state index is -0.391. The third kappa shape index (κ3) is 4.55. The van der Waals surface area contributed by atoms with Crippen molar-refractivity contribution < 1.29 is 14.3 Å². The van der Waals surface area contributed by atoms with Crippen molar-refractivity contribution >= 4 is 28.2 Å². The van der Waals surface area contributed by atoms with Crippen LogP contribution in [0.5, 0.6) is 0 Å². The van der Waals surface area contributed by atoms with Gasteiger partial charge in [-0.25, -0.2) is 0 Å². The quantitative estimate of drug-likeness (QED) is 0.809. The summed E-state index contributed by atoms with van der Waals surface area (Å²) in [6.45, 7) is 3.89. The van der Waals surface area contributed by atoms with Gasteiger partial charge in [-0.2, -0.15) is 5.26 Å². The average Bonchev–Trinajstić information content (AvgIpc) is 2.86. The lowest BCUT2D eigenvalue weighted by molar-refractivity contribution is -0.147. The second-order valence-electron chi connectivity index (χ2n) is 5.98. The second-order valence-corrected chi connectivity index (χ2v) is 7.09. The van der Waals surface area contributed by atoms with E-state index in [9.17, 15) is 14.9 Å². The number of nitrogens with zero attached hydrogens (tertiary/aromatic N) is 1. The maximum absolute atomic E-state index is 11.9. The number of rotatable bonds is 6. The van der Waals surface area contributed by atoms with Gasteiger partial charge in [0, 0.05) is 11.3 Å². The molecule has 0 fully saturated rings. The van der Waals surface area contributed by atoms with Gasteiger partial charge < -0.3 is 10.1 Å². The van der Waals surface area contributed by atoms with Crippen LogP contribution in [0.4, 0.5) is 5.00 Å². The van der Waals surface area contributed by atoms with Crippen LogP contribution in [0.2, 0.25) is 0 Å². The van der Waals surface area contributed by atoms with Crippen molar-refractivity contribution in [2.45, 2.75) is 52.4 Å². The summed E-state index contributed by atoms with van der Waals surface area (Å²) in [4.78, 5) is 24.6. The number of unbranched alkanes of at least 4 members (excludes halogenated alkanes) is 1. The highest BCUT2D eigenvalue weighted by atomic mass is 32.1. The van der Waals surface area contributed by atoms with Crippen LogP contribution in [-0.2, 0) is 27.2 Å². The van der Waals surface area contributed by atoms with Gasteiger partial charge in [0.2, 0.25) is 0 Å². The average molecular weight is 334 g/mol. The van der Waals surface area contributed by atoms with Gasteiger partial charge >= 0.3 is 5.97 Å². The number of thiophene rings is 1. The first-order valence-electron chi connectivity index (χ1n) is 8.05. The number of carbonyl (C=O) groups is 2. The lowest BCUT2D eigenvalue weighted by Gasteiger charge is -2.17. The van der Waals surface area contributed by atoms with Crippen molar-refractivity contribution in [1.82, 2.24) is 0 Å². The molecule has 6 heteroatoms. The first kappa shape index (κ1) is 17.5. The number of esters is 1. The number of anilines is 1. The molecular formula is C17H22N2O3S. The monoisotopic (exact) mass is 334 g/mol. The van der Waals surface area contributed by atoms with E-state index < -0.39 is 5.91 Å². The molecule has 1 heterocycles. The van der Waals surface area contributed by atoms with Gasteiger partial charge in [0.1, 0.15) is 11.1 Å². The van der Waals surface area contributed by atoms with E-state index in [1.807, 2.05) is 6.92 Å². The maximum atomic E-state index is 11.9. The number of nitriles is 1. The van der Waals surface area contributed by atoms with E-state index in [0.717, 1.165) is 37.7 Å². The zero-order valence-electron chi connectivity index (χ0n) is 13.6. The Balaban J connectivity index is 1.96. The summed E-state index contributed by atoms with van der Waals surface area (Å²) in [6, 6.07) is 2.20. The molecule has 1 aromatic rings. The molecule has 23 heavy (non-hydrogen) atoms. The largest absolute Gasteiger partial charge is 0.456 e. The van der Waals surface area contributed by atoms with Gasteiger partial charge in [0.25, 0.3) is 5.91 Å². The van der Waals surface area contributed by atoms with E-state index >= 15 is 0 Å². The molecule has 5 nitrogen and oxygen atoms in total. The highest BCUT2D eigenvalue weighted by Crippen LogP contribution is 2.39. The summed E-state index contributed by atoms with van der Waals surface area (Å²) in [6.07, 6.45) is 4.91. The molecule has 0 saturated heterocycles. The zero-order valence-corrected chi connectivity index (χ0v) is 14.4. The zero-order chi connectivity index (χ0) is 16.8. The number of ether oxygens (including phenoxy) is 1. The lowest BCUT2D eigenvalue weighted by atomic mass is 9.89. The Hall–Kier alpha value is -1.87. The van der Waals surface area contributed by atoms with E-state index in [1.165, 1.54) is 16.2 Å². The van der Waals surface area contributed by atoms with E-state index in [2.05, 4.69) is 18.3 Å². The van der Waals surface area contributed by atoms with Crippen molar-refractivity contribution in [2.24, 2.45) is 5.92 Å². The molecule has 0 radical (unpaired) electrons. The van der Waals surface area contributed by atoms with E-state index in [4.69, 9.17) is 4.74 Å². The molecule has 0 aliphatic heterocycles. The number of amides is 1. The maximum Gasteiger partial charge on any atom is 0.306 e. The molecule has 1 amide bonds. The normalized spacial score (nSPS) is 16.3. The molecule has 0 spiro atoms. The predicted octanol–water partition coefficient (Wildman–Crippen LogP) is 3.42. The molecule has 1 aliphatic carbocycles. The molecule has 1 aliphatic rings. The number of carbonyl (C=O) groups excluding carboxylic acids is 2. The van der Waals surface area contributed by atoms with Crippen LogP contribution in [0, 0.1) is 17.2 Å². The van der Waals surface area contributed by atoms with Crippen LogP contribution in [0.25, 0.3) is 0 Å². The first-order chi connectivity index (χ1) is 11.0. The lowest BCUT2D eigenvalue weighted by Crippen LogP contribution is -2.20. The summed E-state index contributed by atoms with van der Waals surface area (Å²) >= 11 is 1.47. The van der Waals surface area contributed by atoms with Gasteiger partial charge in [-0.1, -0.05) is 20.3 Å². The number of nitrogens with one attached hydrogen (secondary N) is 1. The van der Waals surface area contributed by atoms with Crippen molar-refractivity contribution in [2.75, 3.05) is 11.9 Å². The Labute approximate surface area is 140 Å². The molecule has 1 N–H and O–H groups in total. The second kappa shape index (κ2) is 8.11. The van der Waals surface area contributed by atoms with Gasteiger partial charge in [-0.15, -0.1) is 11.3 Å². The smallest absolute Gasteiger partial charge is 0.306 e. The Morgan fingerprint density at radius 1 is 1.48 bits per heavy atom. The molecule has 0 saturated carbocycles. The summed E-state index contributed by atoms with van der Waals surface area (Å²) in [5.41, 5.74) is 1.65. The van der Waals surface area contributed by atoms with Crippen LogP contribution in [0.15, 0.2) is 0 Å². The summed E-state index contributed by atoms with van der Waals surface area (Å²) in [5.74, 6) is -0.143. The fourth-order valence-corrected chi connectivity index (χ4v) is 4.04. The highest BCUT2D eigenvalue weighted by Gasteiger charge is 2.24. The first-order valence-corrected chi connectivity index (χ1v) is 8.86. The SMILES string of the molecule is CCCCC(=O)OCC(=O)Nc1sc2c(c1C#N)CCC(C)C2. The Morgan fingerprint density at radius 2 is 2.26 bits per heavy atom. The molecule has 2 rings (SSSR count). The summed E-state index contributed by atoms with van der Waals surface area (Å²) in [5, 5.41) is 12.7. The standard InChI is InChI=1S/C17H22N2O3S/c1-3-4-5-16(21)22-10-15(20)19-17-13(9-18)12-7-6-11(2)8-14(12)23-17/h11H,3-8,10H2,1-2H3,(H,19,20). The molecule has 0 bridgehead atoms. The van der Waals surface area contributed by atoms with Crippen molar-refractivity contribution in [3.8, 4) is 6.07 Å². The predicted molar refractivity (Wildman–Crippen MR) is 89.3 cm³/mol. The third-order valence-corrected chi connectivity index (χ3v) is 5.14. The number of hydrogen-bond donors (Lipinski definition) is 1. The number of fused-ring (bicyclic) bond motifs is 1. The van der Waals surface area contributed by atoms with Crippen LogP contribution in [0.1, 0.15) is 55.5 Å². The Bertz CT molecular complexity index is 631. The van der Waals surface area contributed by atoms with Gasteiger partial charge in [-0.05, 0) is 37.2 Å². The van der Waals surface area contributed by atoms with E-state index in [-0.39, 0.29) is 12.6 Å². The molecule has 124 valence electrons. The van der Waals surface area contributed by atoms with Crippen LogP contribution in [-0.4, -0.2) is 18.5 Å². The molecular weight excluding hydrogens is 312 g/mol. The highest BCUT2D eigenvalue weighted by molar-refractivity contribution is 7.16. The molecule has 1 atom stereocenters. The van der Waals surface area contributed by atoms with Gasteiger partial charge in [-0.3, -0.25) is 9.59 Å². The van der Waals surface area contributed by atoms with E-state index in [1.54, 1.807) is 0 Å². The molecule has 0 aromatic carbocycles. The molecule has 1 unspecified atom stereocenters. The van der Waals surface area contributed by atoms with Crippen LogP contribution < -0.4 is 5.32 Å². The minimum Gasteiger partial charge on any atom is -0.456 e.